The molecule has 0 radical (unpaired) electrons. The zero-order valence-electron chi connectivity index (χ0n) is 10.2. The molecule has 0 aromatic rings. The Labute approximate surface area is 101 Å². The van der Waals surface area contributed by atoms with Crippen molar-refractivity contribution in [3.05, 3.63) is 0 Å². The number of carbonyl (C=O) groups excluding carboxylic acids is 2. The number of amides is 1. The number of hydrogen-bond donors (Lipinski definition) is 0. The second kappa shape index (κ2) is 5.04. The third-order valence-corrected chi connectivity index (χ3v) is 3.58. The molecule has 96 valence electrons. The predicted octanol–water partition coefficient (Wildman–Crippen LogP) is 0.579. The van der Waals surface area contributed by atoms with Crippen molar-refractivity contribution in [2.24, 2.45) is 5.41 Å². The Morgan fingerprint density at radius 2 is 1.94 bits per heavy atom. The van der Waals surface area contributed by atoms with Crippen molar-refractivity contribution in [3.63, 3.8) is 0 Å². The minimum Gasteiger partial charge on any atom is -0.465 e. The van der Waals surface area contributed by atoms with E-state index in [-0.39, 0.29) is 11.9 Å². The van der Waals surface area contributed by atoms with E-state index in [0.29, 0.717) is 45.8 Å². The van der Waals surface area contributed by atoms with Gasteiger partial charge in [0.2, 0.25) is 5.91 Å². The highest BCUT2D eigenvalue weighted by Gasteiger charge is 2.53. The minimum atomic E-state index is -0.882. The van der Waals surface area contributed by atoms with Crippen molar-refractivity contribution >= 4 is 11.9 Å². The lowest BCUT2D eigenvalue weighted by atomic mass is 9.67. The lowest BCUT2D eigenvalue weighted by Crippen LogP contribution is -2.55. The Morgan fingerprint density at radius 3 is 2.41 bits per heavy atom. The molecule has 1 heterocycles. The Hall–Kier alpha value is -1.10. The summed E-state index contributed by atoms with van der Waals surface area (Å²) in [7, 11) is 0. The van der Waals surface area contributed by atoms with E-state index < -0.39 is 5.41 Å². The van der Waals surface area contributed by atoms with Crippen LogP contribution in [0.5, 0.6) is 0 Å². The summed E-state index contributed by atoms with van der Waals surface area (Å²) in [5.74, 6) is -0.409. The van der Waals surface area contributed by atoms with E-state index in [1.54, 1.807) is 11.8 Å². The van der Waals surface area contributed by atoms with Crippen LogP contribution in [-0.4, -0.2) is 49.7 Å². The van der Waals surface area contributed by atoms with E-state index in [1.165, 1.54) is 0 Å². The molecule has 0 bridgehead atoms. The van der Waals surface area contributed by atoms with Gasteiger partial charge in [-0.1, -0.05) is 6.42 Å². The third-order valence-electron chi connectivity index (χ3n) is 3.58. The van der Waals surface area contributed by atoms with Crippen LogP contribution >= 0.6 is 0 Å². The van der Waals surface area contributed by atoms with Gasteiger partial charge < -0.3 is 14.4 Å². The molecule has 1 saturated heterocycles. The minimum absolute atomic E-state index is 0.0644. The molecule has 2 rings (SSSR count). The SMILES string of the molecule is CCOC(=O)C1(C(=O)N2CCOCC2)CCC1. The summed E-state index contributed by atoms with van der Waals surface area (Å²) in [6, 6.07) is 0. The van der Waals surface area contributed by atoms with Crippen LogP contribution in [0.3, 0.4) is 0 Å². The molecule has 1 amide bonds. The molecule has 5 nitrogen and oxygen atoms in total. The maximum atomic E-state index is 12.4. The average molecular weight is 241 g/mol. The van der Waals surface area contributed by atoms with Crippen molar-refractivity contribution in [1.82, 2.24) is 4.90 Å². The smallest absolute Gasteiger partial charge is 0.321 e. The van der Waals surface area contributed by atoms with Gasteiger partial charge in [-0.05, 0) is 19.8 Å². The van der Waals surface area contributed by atoms with Crippen molar-refractivity contribution in [2.45, 2.75) is 26.2 Å². The van der Waals surface area contributed by atoms with Crippen LogP contribution in [0.4, 0.5) is 0 Å². The molecule has 1 aliphatic carbocycles. The highest BCUT2D eigenvalue weighted by Crippen LogP contribution is 2.43. The second-order valence-electron chi connectivity index (χ2n) is 4.56. The fourth-order valence-electron chi connectivity index (χ4n) is 2.37. The summed E-state index contributed by atoms with van der Waals surface area (Å²) in [5, 5.41) is 0. The van der Waals surface area contributed by atoms with Gasteiger partial charge >= 0.3 is 5.97 Å². The third kappa shape index (κ3) is 2.16. The number of esters is 1. The molecule has 2 fully saturated rings. The fourth-order valence-corrected chi connectivity index (χ4v) is 2.37. The van der Waals surface area contributed by atoms with Crippen LogP contribution in [0.15, 0.2) is 0 Å². The van der Waals surface area contributed by atoms with E-state index in [2.05, 4.69) is 0 Å². The highest BCUT2D eigenvalue weighted by molar-refractivity contribution is 6.03. The number of morpholine rings is 1. The molecule has 0 aromatic carbocycles. The van der Waals surface area contributed by atoms with Crippen LogP contribution in [0.1, 0.15) is 26.2 Å². The van der Waals surface area contributed by atoms with Gasteiger partial charge in [0, 0.05) is 13.1 Å². The summed E-state index contributed by atoms with van der Waals surface area (Å²) in [6.45, 7) is 4.38. The number of hydrogen-bond acceptors (Lipinski definition) is 4. The molecule has 0 unspecified atom stereocenters. The summed E-state index contributed by atoms with van der Waals surface area (Å²) in [4.78, 5) is 26.1. The highest BCUT2D eigenvalue weighted by atomic mass is 16.5. The molecule has 2 aliphatic rings. The van der Waals surface area contributed by atoms with Crippen molar-refractivity contribution in [3.8, 4) is 0 Å². The van der Waals surface area contributed by atoms with Gasteiger partial charge in [0.1, 0.15) is 5.41 Å². The molecular weight excluding hydrogens is 222 g/mol. The first-order chi connectivity index (χ1) is 8.20. The quantitative estimate of drug-likeness (QED) is 0.535. The van der Waals surface area contributed by atoms with Gasteiger partial charge in [-0.3, -0.25) is 9.59 Å². The van der Waals surface area contributed by atoms with E-state index in [0.717, 1.165) is 6.42 Å². The van der Waals surface area contributed by atoms with Crippen LogP contribution in [-0.2, 0) is 19.1 Å². The summed E-state index contributed by atoms with van der Waals surface area (Å²) in [6.07, 6.45) is 2.18. The lowest BCUT2D eigenvalue weighted by molar-refractivity contribution is -0.173. The summed E-state index contributed by atoms with van der Waals surface area (Å²) in [5.41, 5.74) is -0.882. The molecule has 17 heavy (non-hydrogen) atoms. The molecule has 0 N–H and O–H groups in total. The number of ether oxygens (including phenoxy) is 2. The normalized spacial score (nSPS) is 22.8. The Bertz CT molecular complexity index is 306. The second-order valence-corrected chi connectivity index (χ2v) is 4.56. The van der Waals surface area contributed by atoms with E-state index in [9.17, 15) is 9.59 Å². The zero-order chi connectivity index (χ0) is 12.3. The van der Waals surface area contributed by atoms with Gasteiger partial charge in [0.05, 0.1) is 19.8 Å². The molecule has 0 aromatic heterocycles. The van der Waals surface area contributed by atoms with Gasteiger partial charge in [-0.15, -0.1) is 0 Å². The van der Waals surface area contributed by atoms with Gasteiger partial charge in [-0.2, -0.15) is 0 Å². The Morgan fingerprint density at radius 1 is 1.29 bits per heavy atom. The lowest BCUT2D eigenvalue weighted by Gasteiger charge is -2.42. The van der Waals surface area contributed by atoms with E-state index in [1.807, 2.05) is 0 Å². The molecule has 1 aliphatic heterocycles. The topological polar surface area (TPSA) is 55.8 Å². The van der Waals surface area contributed by atoms with Crippen LogP contribution in [0, 0.1) is 5.41 Å². The maximum Gasteiger partial charge on any atom is 0.321 e. The standard InChI is InChI=1S/C12H19NO4/c1-2-17-11(15)12(4-3-5-12)10(14)13-6-8-16-9-7-13/h2-9H2,1H3. The van der Waals surface area contributed by atoms with Crippen molar-refractivity contribution in [1.29, 1.82) is 0 Å². The van der Waals surface area contributed by atoms with Gasteiger partial charge in [0.25, 0.3) is 0 Å². The number of rotatable bonds is 3. The largest absolute Gasteiger partial charge is 0.465 e. The molecule has 1 saturated carbocycles. The summed E-state index contributed by atoms with van der Waals surface area (Å²) < 4.78 is 10.3. The number of nitrogens with zero attached hydrogens (tertiary/aromatic N) is 1. The van der Waals surface area contributed by atoms with Crippen molar-refractivity contribution in [2.75, 3.05) is 32.9 Å². The maximum absolute atomic E-state index is 12.4. The van der Waals surface area contributed by atoms with Crippen LogP contribution < -0.4 is 0 Å². The van der Waals surface area contributed by atoms with E-state index in [4.69, 9.17) is 9.47 Å². The first-order valence-corrected chi connectivity index (χ1v) is 6.25. The summed E-state index contributed by atoms with van der Waals surface area (Å²) >= 11 is 0. The first-order valence-electron chi connectivity index (χ1n) is 6.25. The van der Waals surface area contributed by atoms with Crippen molar-refractivity contribution < 1.29 is 19.1 Å². The molecule has 0 spiro atoms. The molecular formula is C12H19NO4. The first kappa shape index (κ1) is 12.4. The van der Waals surface area contributed by atoms with E-state index >= 15 is 0 Å². The zero-order valence-corrected chi connectivity index (χ0v) is 10.2. The number of carbonyl (C=O) groups is 2. The Kier molecular flexibility index (Phi) is 3.66. The molecule has 5 heteroatoms. The predicted molar refractivity (Wildman–Crippen MR) is 60.3 cm³/mol. The van der Waals surface area contributed by atoms with Gasteiger partial charge in [0.15, 0.2) is 0 Å². The Balaban J connectivity index is 2.06. The van der Waals surface area contributed by atoms with Crippen LogP contribution in [0.2, 0.25) is 0 Å². The molecule has 0 atom stereocenters. The van der Waals surface area contributed by atoms with Gasteiger partial charge in [-0.25, -0.2) is 0 Å². The van der Waals surface area contributed by atoms with Crippen LogP contribution in [0.25, 0.3) is 0 Å². The average Bonchev–Trinajstić information content (AvgIpc) is 2.29. The monoisotopic (exact) mass is 241 g/mol. The fraction of sp³-hybridized carbons (Fsp3) is 0.833.